The predicted octanol–water partition coefficient (Wildman–Crippen LogP) is 1.97. The van der Waals surface area contributed by atoms with Crippen LogP contribution in [0.25, 0.3) is 0 Å². The van der Waals surface area contributed by atoms with Crippen LogP contribution in [0.3, 0.4) is 0 Å². The monoisotopic (exact) mass is 272 g/mol. The third-order valence-corrected chi connectivity index (χ3v) is 5.47. The summed E-state index contributed by atoms with van der Waals surface area (Å²) in [4.78, 5) is 2.61. The summed E-state index contributed by atoms with van der Waals surface area (Å²) in [7, 11) is 0. The second-order valence-corrected chi connectivity index (χ2v) is 6.90. The van der Waals surface area contributed by atoms with Crippen LogP contribution in [0.5, 0.6) is 0 Å². The van der Waals surface area contributed by atoms with Gasteiger partial charge in [-0.25, -0.2) is 0 Å². The van der Waals surface area contributed by atoms with Gasteiger partial charge in [0.25, 0.3) is 0 Å². The summed E-state index contributed by atoms with van der Waals surface area (Å²) in [5.41, 5.74) is 0. The van der Waals surface area contributed by atoms with Gasteiger partial charge in [-0.3, -0.25) is 0 Å². The Morgan fingerprint density at radius 3 is 3.11 bits per heavy atom. The Morgan fingerprint density at radius 1 is 1.50 bits per heavy atom. The van der Waals surface area contributed by atoms with Gasteiger partial charge >= 0.3 is 0 Å². The molecular formula is C14H28N2OS. The second-order valence-electron chi connectivity index (χ2n) is 5.50. The van der Waals surface area contributed by atoms with Crippen LogP contribution >= 0.6 is 11.8 Å². The molecule has 1 N–H and O–H groups in total. The van der Waals surface area contributed by atoms with Crippen molar-refractivity contribution in [2.45, 2.75) is 50.5 Å². The fraction of sp³-hybridized carbons (Fsp3) is 1.00. The van der Waals surface area contributed by atoms with Crippen molar-refractivity contribution in [3.05, 3.63) is 0 Å². The van der Waals surface area contributed by atoms with Crippen molar-refractivity contribution in [3.63, 3.8) is 0 Å². The maximum atomic E-state index is 5.71. The van der Waals surface area contributed by atoms with E-state index in [-0.39, 0.29) is 0 Å². The van der Waals surface area contributed by atoms with Gasteiger partial charge in [0.15, 0.2) is 0 Å². The summed E-state index contributed by atoms with van der Waals surface area (Å²) >= 11 is 2.15. The number of nitrogens with zero attached hydrogens (tertiary/aromatic N) is 1. The number of hydrogen-bond acceptors (Lipinski definition) is 4. The van der Waals surface area contributed by atoms with Crippen molar-refractivity contribution in [3.8, 4) is 0 Å². The maximum Gasteiger partial charge on any atom is 0.0726 e. The summed E-state index contributed by atoms with van der Waals surface area (Å²) in [6.45, 7) is 10.3. The second kappa shape index (κ2) is 7.73. The summed E-state index contributed by atoms with van der Waals surface area (Å²) in [5.74, 6) is 1.31. The predicted molar refractivity (Wildman–Crippen MR) is 79.4 cm³/mol. The molecule has 2 saturated heterocycles. The van der Waals surface area contributed by atoms with E-state index in [2.05, 4.69) is 35.8 Å². The van der Waals surface area contributed by atoms with Crippen molar-refractivity contribution in [1.82, 2.24) is 10.2 Å². The maximum absolute atomic E-state index is 5.71. The zero-order chi connectivity index (χ0) is 12.8. The van der Waals surface area contributed by atoms with E-state index in [1.807, 2.05) is 0 Å². The van der Waals surface area contributed by atoms with Crippen LogP contribution in [0, 0.1) is 0 Å². The molecular weight excluding hydrogens is 244 g/mol. The minimum Gasteiger partial charge on any atom is -0.377 e. The Kier molecular flexibility index (Phi) is 6.29. The topological polar surface area (TPSA) is 24.5 Å². The van der Waals surface area contributed by atoms with Gasteiger partial charge in [-0.2, -0.15) is 11.8 Å². The van der Waals surface area contributed by atoms with E-state index >= 15 is 0 Å². The van der Waals surface area contributed by atoms with Crippen LogP contribution in [-0.2, 0) is 4.74 Å². The first-order valence-electron chi connectivity index (χ1n) is 7.48. The molecule has 0 aliphatic carbocycles. The van der Waals surface area contributed by atoms with Crippen molar-refractivity contribution < 1.29 is 4.74 Å². The molecule has 0 aromatic heterocycles. The molecule has 2 fully saturated rings. The molecule has 2 heterocycles. The fourth-order valence-corrected chi connectivity index (χ4v) is 4.06. The van der Waals surface area contributed by atoms with Crippen molar-refractivity contribution >= 4 is 11.8 Å². The van der Waals surface area contributed by atoms with Gasteiger partial charge < -0.3 is 15.0 Å². The van der Waals surface area contributed by atoms with Gasteiger partial charge in [-0.1, -0.05) is 6.92 Å². The highest BCUT2D eigenvalue weighted by Gasteiger charge is 2.22. The molecule has 0 aromatic carbocycles. The molecule has 0 aromatic rings. The van der Waals surface area contributed by atoms with Crippen LogP contribution in [0.1, 0.15) is 33.1 Å². The fourth-order valence-electron chi connectivity index (χ4n) is 2.81. The first kappa shape index (κ1) is 14.6. The number of thioether (sulfide) groups is 1. The lowest BCUT2D eigenvalue weighted by Crippen LogP contribution is -2.44. The van der Waals surface area contributed by atoms with Crippen molar-refractivity contribution in [1.29, 1.82) is 0 Å². The molecule has 0 spiro atoms. The Morgan fingerprint density at radius 2 is 2.39 bits per heavy atom. The molecule has 3 atom stereocenters. The van der Waals surface area contributed by atoms with Gasteiger partial charge in [0, 0.05) is 49.8 Å². The van der Waals surface area contributed by atoms with Crippen LogP contribution in [0.15, 0.2) is 0 Å². The lowest BCUT2D eigenvalue weighted by Gasteiger charge is -2.32. The molecule has 106 valence electrons. The van der Waals surface area contributed by atoms with Crippen molar-refractivity contribution in [2.24, 2.45) is 0 Å². The van der Waals surface area contributed by atoms with E-state index in [1.54, 1.807) is 0 Å². The quantitative estimate of drug-likeness (QED) is 0.799. The highest BCUT2D eigenvalue weighted by atomic mass is 32.2. The molecule has 2 aliphatic heterocycles. The van der Waals surface area contributed by atoms with E-state index in [0.717, 1.165) is 18.4 Å². The van der Waals surface area contributed by atoms with Crippen LogP contribution in [-0.4, -0.2) is 60.8 Å². The van der Waals surface area contributed by atoms with Gasteiger partial charge in [-0.05, 0) is 26.2 Å². The van der Waals surface area contributed by atoms with E-state index in [4.69, 9.17) is 4.74 Å². The van der Waals surface area contributed by atoms with Gasteiger partial charge in [0.1, 0.15) is 0 Å². The minimum atomic E-state index is 0.449. The van der Waals surface area contributed by atoms with E-state index in [9.17, 15) is 0 Å². The Bertz CT molecular complexity index is 234. The highest BCUT2D eigenvalue weighted by Crippen LogP contribution is 2.20. The highest BCUT2D eigenvalue weighted by molar-refractivity contribution is 8.00. The molecule has 18 heavy (non-hydrogen) atoms. The Labute approximate surface area is 116 Å². The Balaban J connectivity index is 1.59. The SMILES string of the molecule is CCC1CN(CCNC(C)C2CCCO2)CCS1. The molecule has 0 saturated carbocycles. The largest absolute Gasteiger partial charge is 0.377 e. The molecule has 2 rings (SSSR count). The standard InChI is InChI=1S/C14H28N2OS/c1-3-13-11-16(8-10-18-13)7-6-15-12(2)14-5-4-9-17-14/h12-15H,3-11H2,1-2H3. The zero-order valence-electron chi connectivity index (χ0n) is 11.9. The number of ether oxygens (including phenoxy) is 1. The van der Waals surface area contributed by atoms with E-state index < -0.39 is 0 Å². The first-order valence-corrected chi connectivity index (χ1v) is 8.53. The molecule has 4 heteroatoms. The van der Waals surface area contributed by atoms with Crippen LogP contribution in [0.4, 0.5) is 0 Å². The van der Waals surface area contributed by atoms with E-state index in [0.29, 0.717) is 12.1 Å². The summed E-state index contributed by atoms with van der Waals surface area (Å²) in [6.07, 6.45) is 4.22. The summed E-state index contributed by atoms with van der Waals surface area (Å²) < 4.78 is 5.71. The van der Waals surface area contributed by atoms with Gasteiger partial charge in [-0.15, -0.1) is 0 Å². The van der Waals surface area contributed by atoms with Crippen LogP contribution < -0.4 is 5.32 Å². The number of rotatable bonds is 6. The average Bonchev–Trinajstić information content (AvgIpc) is 2.93. The van der Waals surface area contributed by atoms with Crippen LogP contribution in [0.2, 0.25) is 0 Å². The minimum absolute atomic E-state index is 0.449. The first-order chi connectivity index (χ1) is 8.79. The summed E-state index contributed by atoms with van der Waals surface area (Å²) in [6, 6.07) is 0.508. The third kappa shape index (κ3) is 4.41. The number of nitrogens with one attached hydrogen (secondary N) is 1. The smallest absolute Gasteiger partial charge is 0.0726 e. The number of hydrogen-bond donors (Lipinski definition) is 1. The molecule has 0 bridgehead atoms. The molecule has 0 radical (unpaired) electrons. The van der Waals surface area contributed by atoms with Crippen molar-refractivity contribution in [2.75, 3.05) is 38.5 Å². The normalized spacial score (nSPS) is 31.7. The molecule has 3 unspecified atom stereocenters. The molecule has 2 aliphatic rings. The van der Waals surface area contributed by atoms with Gasteiger partial charge in [0.2, 0.25) is 0 Å². The van der Waals surface area contributed by atoms with E-state index in [1.165, 1.54) is 44.6 Å². The van der Waals surface area contributed by atoms with Gasteiger partial charge in [0.05, 0.1) is 6.10 Å². The zero-order valence-corrected chi connectivity index (χ0v) is 12.7. The molecule has 0 amide bonds. The lowest BCUT2D eigenvalue weighted by molar-refractivity contribution is 0.0827. The molecule has 3 nitrogen and oxygen atoms in total. The lowest BCUT2D eigenvalue weighted by atomic mass is 10.1. The Hall–Kier alpha value is 0.230. The third-order valence-electron chi connectivity index (χ3n) is 4.10. The average molecular weight is 272 g/mol. The summed E-state index contributed by atoms with van der Waals surface area (Å²) in [5, 5.41) is 4.49.